The van der Waals surface area contributed by atoms with Gasteiger partial charge < -0.3 is 5.32 Å². The maximum absolute atomic E-state index is 12.5. The lowest BCUT2D eigenvalue weighted by Crippen LogP contribution is -2.49. The van der Waals surface area contributed by atoms with Crippen LogP contribution < -0.4 is 10.6 Å². The molecule has 0 spiro atoms. The fourth-order valence-corrected chi connectivity index (χ4v) is 3.24. The van der Waals surface area contributed by atoms with E-state index in [1.165, 1.54) is 0 Å². The highest BCUT2D eigenvalue weighted by Crippen LogP contribution is 2.31. The first-order valence-corrected chi connectivity index (χ1v) is 8.51. The van der Waals surface area contributed by atoms with Gasteiger partial charge in [0.2, 0.25) is 5.91 Å². The van der Waals surface area contributed by atoms with Gasteiger partial charge in [-0.1, -0.05) is 19.8 Å². The van der Waals surface area contributed by atoms with Gasteiger partial charge in [0.15, 0.2) is 0 Å². The smallest absolute Gasteiger partial charge is 0.334 e. The van der Waals surface area contributed by atoms with Gasteiger partial charge in [0.1, 0.15) is 6.54 Å². The van der Waals surface area contributed by atoms with Gasteiger partial charge in [0.05, 0.1) is 0 Å². The molecule has 9 nitrogen and oxygen atoms in total. The molecular formula is C16H24N4O5. The van der Waals surface area contributed by atoms with Crippen LogP contribution in [0.15, 0.2) is 0 Å². The molecule has 2 N–H and O–H groups in total. The van der Waals surface area contributed by atoms with Crippen molar-refractivity contribution >= 4 is 29.8 Å². The molecule has 0 radical (unpaired) electrons. The third-order valence-corrected chi connectivity index (χ3v) is 4.46. The summed E-state index contributed by atoms with van der Waals surface area (Å²) in [6.45, 7) is 4.73. The maximum Gasteiger partial charge on any atom is 0.334 e. The third kappa shape index (κ3) is 4.15. The monoisotopic (exact) mass is 352 g/mol. The van der Waals surface area contributed by atoms with Crippen LogP contribution in [0.25, 0.3) is 0 Å². The van der Waals surface area contributed by atoms with Crippen LogP contribution in [0, 0.1) is 5.92 Å². The zero-order valence-electron chi connectivity index (χ0n) is 14.7. The number of amides is 7. The minimum Gasteiger partial charge on any atom is -0.336 e. The largest absolute Gasteiger partial charge is 0.336 e. The number of hydrogen-bond donors (Lipinski definition) is 2. The molecule has 1 aliphatic carbocycles. The molecule has 25 heavy (non-hydrogen) atoms. The summed E-state index contributed by atoms with van der Waals surface area (Å²) in [5, 5.41) is 4.49. The van der Waals surface area contributed by atoms with Gasteiger partial charge in [-0.05, 0) is 32.6 Å². The predicted octanol–water partition coefficient (Wildman–Crippen LogP) is 0.590. The number of nitrogens with zero attached hydrogens (tertiary/aromatic N) is 2. The fourth-order valence-electron chi connectivity index (χ4n) is 3.24. The van der Waals surface area contributed by atoms with E-state index >= 15 is 0 Å². The minimum atomic E-state index is -1.03. The second-order valence-corrected chi connectivity index (χ2v) is 6.85. The topological polar surface area (TPSA) is 116 Å². The Hall–Kier alpha value is -2.45. The predicted molar refractivity (Wildman–Crippen MR) is 87.2 cm³/mol. The Morgan fingerprint density at radius 3 is 2.36 bits per heavy atom. The van der Waals surface area contributed by atoms with E-state index in [0.29, 0.717) is 11.3 Å². The summed E-state index contributed by atoms with van der Waals surface area (Å²) in [5.41, 5.74) is 0. The molecule has 138 valence electrons. The Labute approximate surface area is 146 Å². The molecule has 2 fully saturated rings. The molecule has 0 unspecified atom stereocenters. The Morgan fingerprint density at radius 1 is 1.12 bits per heavy atom. The van der Waals surface area contributed by atoms with Crippen molar-refractivity contribution in [3.63, 3.8) is 0 Å². The Morgan fingerprint density at radius 2 is 1.76 bits per heavy atom. The van der Waals surface area contributed by atoms with E-state index in [2.05, 4.69) is 5.32 Å². The Bertz CT molecular complexity index is 603. The van der Waals surface area contributed by atoms with E-state index in [9.17, 15) is 24.0 Å². The van der Waals surface area contributed by atoms with E-state index < -0.39 is 36.3 Å². The molecule has 7 amide bonds. The van der Waals surface area contributed by atoms with Gasteiger partial charge in [-0.2, -0.15) is 0 Å². The zero-order chi connectivity index (χ0) is 18.7. The molecule has 9 heteroatoms. The number of nitrogens with one attached hydrogen (secondary N) is 2. The van der Waals surface area contributed by atoms with Crippen LogP contribution in [-0.2, 0) is 14.4 Å². The van der Waals surface area contributed by atoms with Gasteiger partial charge in [-0.3, -0.25) is 24.6 Å². The van der Waals surface area contributed by atoms with Crippen LogP contribution >= 0.6 is 0 Å². The molecule has 0 aromatic rings. The molecule has 1 saturated heterocycles. The van der Waals surface area contributed by atoms with Gasteiger partial charge in [0, 0.05) is 12.1 Å². The molecule has 0 bridgehead atoms. The number of hydrogen-bond acceptors (Lipinski definition) is 5. The average Bonchev–Trinajstić information content (AvgIpc) is 2.71. The molecule has 1 saturated carbocycles. The second-order valence-electron chi connectivity index (χ2n) is 6.85. The van der Waals surface area contributed by atoms with Gasteiger partial charge in [-0.25, -0.2) is 14.5 Å². The SMILES string of the molecule is CC(C)NC(=O)NC(=O)CN1C(=O)C(=O)N([C@@H]2CCCC[C@@H]2C)C1=O. The van der Waals surface area contributed by atoms with Crippen LogP contribution in [-0.4, -0.2) is 58.2 Å². The molecular weight excluding hydrogens is 328 g/mol. The van der Waals surface area contributed by atoms with Crippen molar-refractivity contribution in [2.45, 2.75) is 58.5 Å². The van der Waals surface area contributed by atoms with Gasteiger partial charge >= 0.3 is 23.9 Å². The fraction of sp³-hybridized carbons (Fsp3) is 0.688. The van der Waals surface area contributed by atoms with Crippen LogP contribution in [0.5, 0.6) is 0 Å². The molecule has 2 rings (SSSR count). The van der Waals surface area contributed by atoms with Crippen LogP contribution in [0.2, 0.25) is 0 Å². The van der Waals surface area contributed by atoms with Crippen molar-refractivity contribution in [1.29, 1.82) is 0 Å². The normalized spacial score (nSPS) is 24.1. The highest BCUT2D eigenvalue weighted by atomic mass is 16.2. The quantitative estimate of drug-likeness (QED) is 0.567. The third-order valence-electron chi connectivity index (χ3n) is 4.46. The maximum atomic E-state index is 12.5. The standard InChI is InChI=1S/C16H24N4O5/c1-9(2)17-15(24)18-12(21)8-19-13(22)14(23)20(16(19)25)11-7-5-4-6-10(11)3/h9-11H,4-8H2,1-3H3,(H2,17,18,21,24)/t10-,11+/m0/s1. The van der Waals surface area contributed by atoms with Crippen LogP contribution in [0.3, 0.4) is 0 Å². The highest BCUT2D eigenvalue weighted by Gasteiger charge is 2.49. The second kappa shape index (κ2) is 7.62. The molecule has 0 aromatic heterocycles. The summed E-state index contributed by atoms with van der Waals surface area (Å²) in [5.74, 6) is -2.64. The summed E-state index contributed by atoms with van der Waals surface area (Å²) in [7, 11) is 0. The van der Waals surface area contributed by atoms with Crippen molar-refractivity contribution in [1.82, 2.24) is 20.4 Å². The summed E-state index contributed by atoms with van der Waals surface area (Å²) >= 11 is 0. The highest BCUT2D eigenvalue weighted by molar-refractivity contribution is 6.45. The van der Waals surface area contributed by atoms with Crippen molar-refractivity contribution in [3.8, 4) is 0 Å². The van der Waals surface area contributed by atoms with Crippen LogP contribution in [0.4, 0.5) is 9.59 Å². The van der Waals surface area contributed by atoms with E-state index in [-0.39, 0.29) is 18.0 Å². The number of carbonyl (C=O) groups is 5. The lowest BCUT2D eigenvalue weighted by Gasteiger charge is -2.34. The van der Waals surface area contributed by atoms with Gasteiger partial charge in [0.25, 0.3) is 0 Å². The number of carbonyl (C=O) groups excluding carboxylic acids is 5. The number of rotatable bonds is 4. The summed E-state index contributed by atoms with van der Waals surface area (Å²) in [6.07, 6.45) is 3.45. The first-order chi connectivity index (χ1) is 11.7. The summed E-state index contributed by atoms with van der Waals surface area (Å²) in [6, 6.07) is -2.00. The molecule has 1 heterocycles. The van der Waals surface area contributed by atoms with E-state index in [4.69, 9.17) is 0 Å². The van der Waals surface area contributed by atoms with Crippen molar-refractivity contribution in [2.24, 2.45) is 5.92 Å². The van der Waals surface area contributed by atoms with E-state index in [1.54, 1.807) is 13.8 Å². The van der Waals surface area contributed by atoms with Crippen LogP contribution in [0.1, 0.15) is 46.5 Å². The van der Waals surface area contributed by atoms with Crippen molar-refractivity contribution in [3.05, 3.63) is 0 Å². The zero-order valence-corrected chi connectivity index (χ0v) is 14.7. The Kier molecular flexibility index (Phi) is 5.76. The lowest BCUT2D eigenvalue weighted by atomic mass is 9.85. The first kappa shape index (κ1) is 18.9. The molecule has 2 aliphatic rings. The first-order valence-electron chi connectivity index (χ1n) is 8.51. The summed E-state index contributed by atoms with van der Waals surface area (Å²) in [4.78, 5) is 61.8. The molecule has 2 atom stereocenters. The van der Waals surface area contributed by atoms with E-state index in [1.807, 2.05) is 12.2 Å². The average molecular weight is 352 g/mol. The molecule has 0 aromatic carbocycles. The van der Waals surface area contributed by atoms with E-state index in [0.717, 1.165) is 24.2 Å². The number of urea groups is 2. The minimum absolute atomic E-state index is 0.111. The molecule has 1 aliphatic heterocycles. The van der Waals surface area contributed by atoms with Crippen molar-refractivity contribution in [2.75, 3.05) is 6.54 Å². The Balaban J connectivity index is 2.03. The lowest BCUT2D eigenvalue weighted by molar-refractivity contribution is -0.145. The van der Waals surface area contributed by atoms with Gasteiger partial charge in [-0.15, -0.1) is 0 Å². The van der Waals surface area contributed by atoms with Crippen molar-refractivity contribution < 1.29 is 24.0 Å². The number of imide groups is 3. The summed E-state index contributed by atoms with van der Waals surface area (Å²) < 4.78 is 0.